The van der Waals surface area contributed by atoms with Crippen LogP contribution < -0.4 is 5.32 Å². The third-order valence-electron chi connectivity index (χ3n) is 4.99. The molecule has 1 aromatic rings. The van der Waals surface area contributed by atoms with Gasteiger partial charge in [-0.2, -0.15) is 5.21 Å². The van der Waals surface area contributed by atoms with E-state index in [1.165, 1.54) is 0 Å². The fourth-order valence-electron chi connectivity index (χ4n) is 3.24. The van der Waals surface area contributed by atoms with Crippen LogP contribution in [0.4, 0.5) is 0 Å². The maximum absolute atomic E-state index is 12.5. The standard InChI is InChI=1S/C14H23N5O2/c1-3-14(2,13-16-18-19-17-13)15-12(20)11-8-10(11)9-4-6-21-7-5-9/h9-11H,3-8H2,1-2H3,(H,15,20)(H,16,17,18,19)/t10-,11+,14?/m0/s1. The number of rotatable bonds is 5. The number of hydrogen-bond acceptors (Lipinski definition) is 5. The van der Waals surface area contributed by atoms with E-state index in [2.05, 4.69) is 25.9 Å². The molecule has 1 amide bonds. The normalized spacial score (nSPS) is 28.9. The Balaban J connectivity index is 1.59. The van der Waals surface area contributed by atoms with Crippen LogP contribution in [0.25, 0.3) is 0 Å². The van der Waals surface area contributed by atoms with Crippen LogP contribution in [0, 0.1) is 17.8 Å². The predicted molar refractivity (Wildman–Crippen MR) is 75.1 cm³/mol. The molecular formula is C14H23N5O2. The first-order valence-electron chi connectivity index (χ1n) is 7.77. The van der Waals surface area contributed by atoms with Crippen LogP contribution in [0.5, 0.6) is 0 Å². The molecule has 0 bridgehead atoms. The molecule has 2 fully saturated rings. The second-order valence-corrected chi connectivity index (χ2v) is 6.37. The van der Waals surface area contributed by atoms with E-state index in [-0.39, 0.29) is 11.8 Å². The topological polar surface area (TPSA) is 92.8 Å². The lowest BCUT2D eigenvalue weighted by atomic mass is 9.93. The number of aromatic nitrogens is 4. The van der Waals surface area contributed by atoms with Gasteiger partial charge in [-0.15, -0.1) is 10.2 Å². The van der Waals surface area contributed by atoms with Gasteiger partial charge in [0.2, 0.25) is 5.91 Å². The van der Waals surface area contributed by atoms with Gasteiger partial charge in [-0.05, 0) is 44.4 Å². The zero-order valence-corrected chi connectivity index (χ0v) is 12.6. The summed E-state index contributed by atoms with van der Waals surface area (Å²) in [6, 6.07) is 0. The number of carbonyl (C=O) groups excluding carboxylic acids is 1. The van der Waals surface area contributed by atoms with Crippen molar-refractivity contribution in [2.75, 3.05) is 13.2 Å². The van der Waals surface area contributed by atoms with E-state index in [1.807, 2.05) is 13.8 Å². The van der Waals surface area contributed by atoms with Gasteiger partial charge in [0.15, 0.2) is 5.82 Å². The van der Waals surface area contributed by atoms with Crippen LogP contribution in [-0.2, 0) is 15.1 Å². The maximum Gasteiger partial charge on any atom is 0.224 e. The number of nitrogens with zero attached hydrogens (tertiary/aromatic N) is 3. The zero-order valence-electron chi connectivity index (χ0n) is 12.6. The van der Waals surface area contributed by atoms with Gasteiger partial charge in [-0.1, -0.05) is 12.1 Å². The Kier molecular flexibility index (Phi) is 3.93. The molecule has 1 unspecified atom stereocenters. The second kappa shape index (κ2) is 5.71. The highest BCUT2D eigenvalue weighted by atomic mass is 16.5. The van der Waals surface area contributed by atoms with Gasteiger partial charge < -0.3 is 10.1 Å². The first kappa shape index (κ1) is 14.4. The van der Waals surface area contributed by atoms with E-state index < -0.39 is 5.54 Å². The molecule has 2 heterocycles. The summed E-state index contributed by atoms with van der Waals surface area (Å²) in [4.78, 5) is 12.5. The summed E-state index contributed by atoms with van der Waals surface area (Å²) in [5.74, 6) is 1.99. The molecule has 21 heavy (non-hydrogen) atoms. The predicted octanol–water partition coefficient (Wildman–Crippen LogP) is 1.00. The third-order valence-corrected chi connectivity index (χ3v) is 4.99. The first-order chi connectivity index (χ1) is 10.1. The van der Waals surface area contributed by atoms with Crippen molar-refractivity contribution in [3.05, 3.63) is 5.82 Å². The SMILES string of the molecule is CCC(C)(NC(=O)[C@@H]1C[C@H]1C1CCOCC1)c1nn[nH]n1. The number of aromatic amines is 1. The van der Waals surface area contributed by atoms with Crippen molar-refractivity contribution < 1.29 is 9.53 Å². The molecule has 1 saturated carbocycles. The van der Waals surface area contributed by atoms with Gasteiger partial charge in [0.25, 0.3) is 0 Å². The summed E-state index contributed by atoms with van der Waals surface area (Å²) >= 11 is 0. The summed E-state index contributed by atoms with van der Waals surface area (Å²) in [5, 5.41) is 17.2. The molecule has 1 saturated heterocycles. The minimum absolute atomic E-state index is 0.126. The summed E-state index contributed by atoms with van der Waals surface area (Å²) in [7, 11) is 0. The lowest BCUT2D eigenvalue weighted by molar-refractivity contribution is -0.125. The van der Waals surface area contributed by atoms with Crippen molar-refractivity contribution in [1.29, 1.82) is 0 Å². The fourth-order valence-corrected chi connectivity index (χ4v) is 3.24. The van der Waals surface area contributed by atoms with Gasteiger partial charge in [-0.25, -0.2) is 0 Å². The van der Waals surface area contributed by atoms with Crippen molar-refractivity contribution in [2.24, 2.45) is 17.8 Å². The lowest BCUT2D eigenvalue weighted by Gasteiger charge is -2.27. The number of hydrogen-bond donors (Lipinski definition) is 2. The molecule has 0 radical (unpaired) electrons. The minimum atomic E-state index is -0.549. The van der Waals surface area contributed by atoms with Crippen molar-refractivity contribution in [2.45, 2.75) is 45.1 Å². The second-order valence-electron chi connectivity index (χ2n) is 6.37. The monoisotopic (exact) mass is 293 g/mol. The molecule has 3 rings (SSSR count). The van der Waals surface area contributed by atoms with Crippen LogP contribution in [0.1, 0.15) is 45.4 Å². The maximum atomic E-state index is 12.5. The van der Waals surface area contributed by atoms with Crippen LogP contribution >= 0.6 is 0 Å². The molecule has 1 aliphatic heterocycles. The van der Waals surface area contributed by atoms with Crippen LogP contribution in [0.3, 0.4) is 0 Å². The summed E-state index contributed by atoms with van der Waals surface area (Å²) in [6.07, 6.45) is 3.91. The van der Waals surface area contributed by atoms with E-state index in [9.17, 15) is 4.79 Å². The number of nitrogens with one attached hydrogen (secondary N) is 2. The first-order valence-corrected chi connectivity index (χ1v) is 7.77. The van der Waals surface area contributed by atoms with E-state index in [0.717, 1.165) is 38.9 Å². The largest absolute Gasteiger partial charge is 0.381 e. The molecule has 1 aliphatic carbocycles. The van der Waals surface area contributed by atoms with Crippen molar-refractivity contribution >= 4 is 5.91 Å². The van der Waals surface area contributed by atoms with Crippen molar-refractivity contribution in [3.8, 4) is 0 Å². The molecule has 3 atom stereocenters. The van der Waals surface area contributed by atoms with Gasteiger partial charge in [0, 0.05) is 19.1 Å². The molecule has 1 aromatic heterocycles. The summed E-state index contributed by atoms with van der Waals surface area (Å²) in [5.41, 5.74) is -0.549. The Hall–Kier alpha value is -1.50. The number of tetrazole rings is 1. The molecule has 7 heteroatoms. The van der Waals surface area contributed by atoms with Crippen molar-refractivity contribution in [1.82, 2.24) is 25.9 Å². The highest BCUT2D eigenvalue weighted by Crippen LogP contribution is 2.48. The van der Waals surface area contributed by atoms with Gasteiger partial charge in [0.1, 0.15) is 5.54 Å². The molecular weight excluding hydrogens is 270 g/mol. The van der Waals surface area contributed by atoms with Crippen LogP contribution in [-0.4, -0.2) is 39.7 Å². The average molecular weight is 293 g/mol. The van der Waals surface area contributed by atoms with Gasteiger partial charge in [0.05, 0.1) is 0 Å². The lowest BCUT2D eigenvalue weighted by Crippen LogP contribution is -2.45. The Morgan fingerprint density at radius 2 is 2.24 bits per heavy atom. The van der Waals surface area contributed by atoms with E-state index in [1.54, 1.807) is 0 Å². The van der Waals surface area contributed by atoms with E-state index in [4.69, 9.17) is 4.74 Å². The number of ether oxygens (including phenoxy) is 1. The number of H-pyrrole nitrogens is 1. The quantitative estimate of drug-likeness (QED) is 0.845. The molecule has 0 spiro atoms. The van der Waals surface area contributed by atoms with E-state index in [0.29, 0.717) is 17.7 Å². The Labute approximate surface area is 124 Å². The molecule has 7 nitrogen and oxygen atoms in total. The van der Waals surface area contributed by atoms with Crippen molar-refractivity contribution in [3.63, 3.8) is 0 Å². The molecule has 2 N–H and O–H groups in total. The smallest absolute Gasteiger partial charge is 0.224 e. The fraction of sp³-hybridized carbons (Fsp3) is 0.857. The van der Waals surface area contributed by atoms with Gasteiger partial charge in [-0.3, -0.25) is 4.79 Å². The molecule has 116 valence electrons. The number of amides is 1. The van der Waals surface area contributed by atoms with Crippen LogP contribution in [0.2, 0.25) is 0 Å². The van der Waals surface area contributed by atoms with Crippen LogP contribution in [0.15, 0.2) is 0 Å². The summed E-state index contributed by atoms with van der Waals surface area (Å²) in [6.45, 7) is 5.64. The minimum Gasteiger partial charge on any atom is -0.381 e. The Morgan fingerprint density at radius 1 is 1.48 bits per heavy atom. The Bertz CT molecular complexity index is 486. The molecule has 0 aromatic carbocycles. The number of carbonyl (C=O) groups is 1. The highest BCUT2D eigenvalue weighted by molar-refractivity contribution is 5.82. The average Bonchev–Trinajstić information content (AvgIpc) is 3.13. The molecule has 2 aliphatic rings. The summed E-state index contributed by atoms with van der Waals surface area (Å²) < 4.78 is 5.39. The highest BCUT2D eigenvalue weighted by Gasteiger charge is 2.49. The Morgan fingerprint density at radius 3 is 2.86 bits per heavy atom. The third kappa shape index (κ3) is 2.92. The van der Waals surface area contributed by atoms with E-state index >= 15 is 0 Å². The van der Waals surface area contributed by atoms with Gasteiger partial charge >= 0.3 is 0 Å². The zero-order chi connectivity index (χ0) is 14.9.